The average molecular weight is 226 g/mol. The maximum absolute atomic E-state index is 12.0. The van der Waals surface area contributed by atoms with Gasteiger partial charge in [-0.2, -0.15) is 0 Å². The third-order valence-electron chi connectivity index (χ3n) is 2.31. The van der Waals surface area contributed by atoms with Crippen LogP contribution in [0.2, 0.25) is 0 Å². The molecule has 0 atom stereocenters. The van der Waals surface area contributed by atoms with Crippen LogP contribution in [0.5, 0.6) is 0 Å². The Balaban J connectivity index is 4.23. The summed E-state index contributed by atoms with van der Waals surface area (Å²) in [5.74, 6) is 0.181. The zero-order valence-electron chi connectivity index (χ0n) is 11.3. The van der Waals surface area contributed by atoms with E-state index in [1.54, 1.807) is 6.08 Å². The van der Waals surface area contributed by atoms with Crippen LogP contribution >= 0.6 is 0 Å². The van der Waals surface area contributed by atoms with E-state index in [0.717, 1.165) is 6.54 Å². The van der Waals surface area contributed by atoms with Crippen LogP contribution in [0.4, 0.5) is 0 Å². The molecule has 0 saturated heterocycles. The second kappa shape index (κ2) is 6.69. The lowest BCUT2D eigenvalue weighted by atomic mass is 10.1. The van der Waals surface area contributed by atoms with E-state index < -0.39 is 0 Å². The highest BCUT2D eigenvalue weighted by Gasteiger charge is 2.24. The minimum absolute atomic E-state index is 0.136. The molecule has 0 aromatic carbocycles. The van der Waals surface area contributed by atoms with E-state index in [4.69, 9.17) is 0 Å². The smallest absolute Gasteiger partial charge is 0.224 e. The van der Waals surface area contributed by atoms with Gasteiger partial charge in [0, 0.05) is 31.1 Å². The molecular formula is C13H26N2O. The highest BCUT2D eigenvalue weighted by Crippen LogP contribution is 2.14. The molecule has 1 N–H and O–H groups in total. The normalized spacial score (nSPS) is 11.6. The van der Waals surface area contributed by atoms with Gasteiger partial charge in [-0.1, -0.05) is 19.9 Å². The molecule has 16 heavy (non-hydrogen) atoms. The summed E-state index contributed by atoms with van der Waals surface area (Å²) in [5, 5.41) is 3.25. The standard InChI is InChI=1S/C13H26N2O/c1-7-10-15(13(4,5)6)12(16)8-9-14-11(2)3/h7,11,14H,1,8-10H2,2-6H3. The minimum Gasteiger partial charge on any atom is -0.334 e. The SMILES string of the molecule is C=CCN(C(=O)CCNC(C)C)C(C)(C)C. The highest BCUT2D eigenvalue weighted by atomic mass is 16.2. The summed E-state index contributed by atoms with van der Waals surface area (Å²) < 4.78 is 0. The van der Waals surface area contributed by atoms with E-state index in [1.807, 2.05) is 25.7 Å². The molecular weight excluding hydrogens is 200 g/mol. The van der Waals surface area contributed by atoms with Gasteiger partial charge in [0.1, 0.15) is 0 Å². The summed E-state index contributed by atoms with van der Waals surface area (Å²) in [5.41, 5.74) is -0.136. The number of amides is 1. The van der Waals surface area contributed by atoms with Gasteiger partial charge in [-0.15, -0.1) is 6.58 Å². The monoisotopic (exact) mass is 226 g/mol. The molecule has 94 valence electrons. The number of rotatable bonds is 6. The van der Waals surface area contributed by atoms with Crippen molar-refractivity contribution in [3.8, 4) is 0 Å². The number of carbonyl (C=O) groups excluding carboxylic acids is 1. The third kappa shape index (κ3) is 5.91. The first-order chi connectivity index (χ1) is 7.29. The Morgan fingerprint density at radius 1 is 1.44 bits per heavy atom. The van der Waals surface area contributed by atoms with Crippen LogP contribution < -0.4 is 5.32 Å². The van der Waals surface area contributed by atoms with Crippen LogP contribution in [0.25, 0.3) is 0 Å². The number of nitrogens with zero attached hydrogens (tertiary/aromatic N) is 1. The van der Waals surface area contributed by atoms with E-state index in [1.165, 1.54) is 0 Å². The topological polar surface area (TPSA) is 32.3 Å². The highest BCUT2D eigenvalue weighted by molar-refractivity contribution is 5.77. The molecule has 0 heterocycles. The number of hydrogen-bond acceptors (Lipinski definition) is 2. The Kier molecular flexibility index (Phi) is 6.34. The second-order valence-electron chi connectivity index (χ2n) is 5.32. The quantitative estimate of drug-likeness (QED) is 0.704. The van der Waals surface area contributed by atoms with Gasteiger partial charge in [-0.3, -0.25) is 4.79 Å². The third-order valence-corrected chi connectivity index (χ3v) is 2.31. The molecule has 0 rings (SSSR count). The number of carbonyl (C=O) groups is 1. The largest absolute Gasteiger partial charge is 0.334 e. The minimum atomic E-state index is -0.136. The molecule has 0 saturated carbocycles. The summed E-state index contributed by atoms with van der Waals surface area (Å²) >= 11 is 0. The van der Waals surface area contributed by atoms with Crippen LogP contribution in [0.15, 0.2) is 12.7 Å². The number of hydrogen-bond donors (Lipinski definition) is 1. The lowest BCUT2D eigenvalue weighted by molar-refractivity contribution is -0.135. The Morgan fingerprint density at radius 3 is 2.38 bits per heavy atom. The summed E-state index contributed by atoms with van der Waals surface area (Å²) in [4.78, 5) is 13.9. The molecule has 0 radical (unpaired) electrons. The van der Waals surface area contributed by atoms with Crippen molar-refractivity contribution in [3.05, 3.63) is 12.7 Å². The van der Waals surface area contributed by atoms with Gasteiger partial charge in [-0.25, -0.2) is 0 Å². The van der Waals surface area contributed by atoms with Crippen LogP contribution in [0.1, 0.15) is 41.0 Å². The van der Waals surface area contributed by atoms with Crippen molar-refractivity contribution in [2.24, 2.45) is 0 Å². The van der Waals surface area contributed by atoms with Crippen molar-refractivity contribution in [1.82, 2.24) is 10.2 Å². The van der Waals surface area contributed by atoms with Crippen molar-refractivity contribution in [3.63, 3.8) is 0 Å². The molecule has 3 heteroatoms. The van der Waals surface area contributed by atoms with Gasteiger partial charge >= 0.3 is 0 Å². The van der Waals surface area contributed by atoms with Crippen molar-refractivity contribution >= 4 is 5.91 Å². The maximum Gasteiger partial charge on any atom is 0.224 e. The van der Waals surface area contributed by atoms with Crippen LogP contribution in [0, 0.1) is 0 Å². The first kappa shape index (κ1) is 15.2. The molecule has 0 aliphatic carbocycles. The van der Waals surface area contributed by atoms with Gasteiger partial charge in [0.2, 0.25) is 5.91 Å². The molecule has 0 bridgehead atoms. The van der Waals surface area contributed by atoms with Gasteiger partial charge in [0.05, 0.1) is 0 Å². The summed E-state index contributed by atoms with van der Waals surface area (Å²) in [7, 11) is 0. The van der Waals surface area contributed by atoms with Crippen molar-refractivity contribution in [2.75, 3.05) is 13.1 Å². The Labute approximate surface area is 99.9 Å². The van der Waals surface area contributed by atoms with Crippen LogP contribution in [-0.4, -0.2) is 35.5 Å². The molecule has 0 aliphatic rings. The van der Waals surface area contributed by atoms with Gasteiger partial charge < -0.3 is 10.2 Å². The zero-order chi connectivity index (χ0) is 12.8. The van der Waals surface area contributed by atoms with Crippen LogP contribution in [0.3, 0.4) is 0 Å². The second-order valence-corrected chi connectivity index (χ2v) is 5.32. The molecule has 0 aromatic rings. The molecule has 3 nitrogen and oxygen atoms in total. The Bertz CT molecular complexity index is 229. The summed E-state index contributed by atoms with van der Waals surface area (Å²) in [6.07, 6.45) is 2.32. The average Bonchev–Trinajstić information content (AvgIpc) is 2.11. The van der Waals surface area contributed by atoms with E-state index in [9.17, 15) is 4.79 Å². The number of nitrogens with one attached hydrogen (secondary N) is 1. The predicted octanol–water partition coefficient (Wildman–Crippen LogP) is 2.19. The van der Waals surface area contributed by atoms with Gasteiger partial charge in [-0.05, 0) is 20.8 Å². The molecule has 0 fully saturated rings. The fourth-order valence-corrected chi connectivity index (χ4v) is 1.48. The molecule has 0 aromatic heterocycles. The summed E-state index contributed by atoms with van der Waals surface area (Å²) in [6.45, 7) is 15.3. The van der Waals surface area contributed by atoms with E-state index in [-0.39, 0.29) is 11.4 Å². The molecule has 0 unspecified atom stereocenters. The Morgan fingerprint density at radius 2 is 2.00 bits per heavy atom. The fraction of sp³-hybridized carbons (Fsp3) is 0.769. The van der Waals surface area contributed by atoms with Gasteiger partial charge in [0.15, 0.2) is 0 Å². The Hall–Kier alpha value is -0.830. The molecule has 0 spiro atoms. The van der Waals surface area contributed by atoms with Crippen LogP contribution in [-0.2, 0) is 4.79 Å². The van der Waals surface area contributed by atoms with Gasteiger partial charge in [0.25, 0.3) is 0 Å². The molecule has 0 aliphatic heterocycles. The molecule has 1 amide bonds. The first-order valence-electron chi connectivity index (χ1n) is 5.93. The predicted molar refractivity (Wildman–Crippen MR) is 69.4 cm³/mol. The lowest BCUT2D eigenvalue weighted by Crippen LogP contribution is -2.46. The fourth-order valence-electron chi connectivity index (χ4n) is 1.48. The summed E-state index contributed by atoms with van der Waals surface area (Å²) in [6, 6.07) is 0.426. The van der Waals surface area contributed by atoms with Crippen molar-refractivity contribution in [1.29, 1.82) is 0 Å². The zero-order valence-corrected chi connectivity index (χ0v) is 11.3. The maximum atomic E-state index is 12.0. The van der Waals surface area contributed by atoms with Crippen molar-refractivity contribution < 1.29 is 4.79 Å². The van der Waals surface area contributed by atoms with E-state index in [2.05, 4.69) is 25.7 Å². The van der Waals surface area contributed by atoms with E-state index in [0.29, 0.717) is 19.0 Å². The first-order valence-corrected chi connectivity index (χ1v) is 5.93. The van der Waals surface area contributed by atoms with Crippen molar-refractivity contribution in [2.45, 2.75) is 52.6 Å². The lowest BCUT2D eigenvalue weighted by Gasteiger charge is -2.35. The van der Waals surface area contributed by atoms with E-state index >= 15 is 0 Å².